The molecule has 0 saturated heterocycles. The summed E-state index contributed by atoms with van der Waals surface area (Å²) in [5.41, 5.74) is 7.27. The molecule has 0 amide bonds. The summed E-state index contributed by atoms with van der Waals surface area (Å²) < 4.78 is 1.81. The number of nitrogens with zero attached hydrogens (tertiary/aromatic N) is 2. The lowest BCUT2D eigenvalue weighted by Gasteiger charge is -2.22. The van der Waals surface area contributed by atoms with Gasteiger partial charge in [0.1, 0.15) is 5.78 Å². The van der Waals surface area contributed by atoms with Crippen molar-refractivity contribution in [3.8, 4) is 0 Å². The highest BCUT2D eigenvalue weighted by atomic mass is 16.1. The number of Topliss-reactive ketones (excluding diaryl/α,β-unsaturated/α-hetero) is 1. The van der Waals surface area contributed by atoms with Crippen LogP contribution in [0.5, 0.6) is 0 Å². The molecule has 4 heteroatoms. The molecule has 1 heterocycles. The first kappa shape index (κ1) is 14.9. The minimum absolute atomic E-state index is 0.0240. The number of hydrogen-bond acceptors (Lipinski definition) is 3. The van der Waals surface area contributed by atoms with Crippen molar-refractivity contribution in [3.05, 3.63) is 18.0 Å². The average Bonchev–Trinajstić information content (AvgIpc) is 2.57. The van der Waals surface area contributed by atoms with Gasteiger partial charge in [0.05, 0.1) is 0 Å². The number of carbonyl (C=O) groups is 1. The number of carbonyl (C=O) groups excluding carboxylic acids is 1. The molecule has 18 heavy (non-hydrogen) atoms. The summed E-state index contributed by atoms with van der Waals surface area (Å²) in [5, 5.41) is 4.08. The van der Waals surface area contributed by atoms with E-state index in [0.29, 0.717) is 12.8 Å². The van der Waals surface area contributed by atoms with E-state index in [2.05, 4.69) is 25.9 Å². The molecule has 2 N–H and O–H groups in total. The zero-order chi connectivity index (χ0) is 13.8. The molecule has 0 fully saturated rings. The van der Waals surface area contributed by atoms with E-state index in [9.17, 15) is 4.79 Å². The molecule has 1 atom stereocenters. The van der Waals surface area contributed by atoms with Crippen LogP contribution in [0.1, 0.15) is 45.7 Å². The van der Waals surface area contributed by atoms with Crippen LogP contribution in [0.3, 0.4) is 0 Å². The third kappa shape index (κ3) is 5.45. The number of aryl methyl sites for hydroxylation is 2. The number of aromatic nitrogens is 2. The lowest BCUT2D eigenvalue weighted by Crippen LogP contribution is -2.29. The van der Waals surface area contributed by atoms with Gasteiger partial charge in [0.15, 0.2) is 0 Å². The number of ketones is 1. The van der Waals surface area contributed by atoms with Gasteiger partial charge in [-0.15, -0.1) is 0 Å². The molecule has 0 aromatic carbocycles. The minimum atomic E-state index is -0.0240. The Balaban J connectivity index is 2.32. The Morgan fingerprint density at radius 1 is 1.50 bits per heavy atom. The third-order valence-corrected chi connectivity index (χ3v) is 2.95. The Bertz CT molecular complexity index is 390. The molecular weight excluding hydrogens is 226 g/mol. The summed E-state index contributed by atoms with van der Waals surface area (Å²) in [7, 11) is 1.89. The second-order valence-electron chi connectivity index (χ2n) is 6.21. The molecule has 0 aliphatic carbocycles. The van der Waals surface area contributed by atoms with Crippen molar-refractivity contribution in [1.82, 2.24) is 9.78 Å². The van der Waals surface area contributed by atoms with Crippen molar-refractivity contribution in [2.45, 2.75) is 52.5 Å². The molecule has 102 valence electrons. The van der Waals surface area contributed by atoms with Gasteiger partial charge in [-0.3, -0.25) is 9.48 Å². The van der Waals surface area contributed by atoms with Gasteiger partial charge in [0.2, 0.25) is 0 Å². The molecule has 1 rings (SSSR count). The van der Waals surface area contributed by atoms with E-state index < -0.39 is 0 Å². The lowest BCUT2D eigenvalue weighted by atomic mass is 9.86. The van der Waals surface area contributed by atoms with Crippen LogP contribution in [0.25, 0.3) is 0 Å². The summed E-state index contributed by atoms with van der Waals surface area (Å²) in [6.07, 6.45) is 4.42. The van der Waals surface area contributed by atoms with E-state index >= 15 is 0 Å². The molecule has 0 saturated carbocycles. The van der Waals surface area contributed by atoms with Gasteiger partial charge >= 0.3 is 0 Å². The molecule has 1 aromatic rings. The number of rotatable bonds is 6. The molecule has 0 aliphatic heterocycles. The maximum atomic E-state index is 11.8. The van der Waals surface area contributed by atoms with Gasteiger partial charge in [-0.05, 0) is 24.3 Å². The second-order valence-corrected chi connectivity index (χ2v) is 6.21. The van der Waals surface area contributed by atoms with Crippen molar-refractivity contribution in [2.24, 2.45) is 18.2 Å². The Morgan fingerprint density at radius 2 is 2.17 bits per heavy atom. The predicted molar refractivity (Wildman–Crippen MR) is 73.2 cm³/mol. The summed E-state index contributed by atoms with van der Waals surface area (Å²) in [6.45, 7) is 6.44. The van der Waals surface area contributed by atoms with Gasteiger partial charge < -0.3 is 5.73 Å². The highest BCUT2D eigenvalue weighted by Gasteiger charge is 2.18. The molecule has 1 aromatic heterocycles. The Kier molecular flexibility index (Phi) is 5.08. The highest BCUT2D eigenvalue weighted by Crippen LogP contribution is 2.21. The van der Waals surface area contributed by atoms with Gasteiger partial charge in [0.25, 0.3) is 0 Å². The topological polar surface area (TPSA) is 60.9 Å². The quantitative estimate of drug-likeness (QED) is 0.842. The van der Waals surface area contributed by atoms with Crippen molar-refractivity contribution < 1.29 is 4.79 Å². The normalized spacial score (nSPS) is 13.6. The zero-order valence-electron chi connectivity index (χ0n) is 11.9. The van der Waals surface area contributed by atoms with Crippen LogP contribution in [-0.2, 0) is 18.3 Å². The first-order valence-corrected chi connectivity index (χ1v) is 6.52. The first-order valence-electron chi connectivity index (χ1n) is 6.52. The number of hydrogen-bond donors (Lipinski definition) is 1. The summed E-state index contributed by atoms with van der Waals surface area (Å²) in [5.74, 6) is 0.243. The van der Waals surface area contributed by atoms with Gasteiger partial charge in [-0.1, -0.05) is 20.8 Å². The highest BCUT2D eigenvalue weighted by molar-refractivity contribution is 5.79. The smallest absolute Gasteiger partial charge is 0.134 e. The van der Waals surface area contributed by atoms with Crippen LogP contribution < -0.4 is 5.73 Å². The molecule has 1 unspecified atom stereocenters. The van der Waals surface area contributed by atoms with Crippen LogP contribution in [0.4, 0.5) is 0 Å². The Hall–Kier alpha value is -1.16. The van der Waals surface area contributed by atoms with E-state index in [0.717, 1.165) is 18.5 Å². The maximum absolute atomic E-state index is 11.8. The van der Waals surface area contributed by atoms with Crippen molar-refractivity contribution in [2.75, 3.05) is 0 Å². The van der Waals surface area contributed by atoms with Crippen LogP contribution in [0, 0.1) is 5.41 Å². The minimum Gasteiger partial charge on any atom is -0.327 e. The van der Waals surface area contributed by atoms with E-state index in [-0.39, 0.29) is 17.2 Å². The van der Waals surface area contributed by atoms with Gasteiger partial charge in [0, 0.05) is 37.8 Å². The van der Waals surface area contributed by atoms with E-state index in [1.165, 1.54) is 0 Å². The first-order chi connectivity index (χ1) is 8.28. The average molecular weight is 251 g/mol. The van der Waals surface area contributed by atoms with E-state index in [1.54, 1.807) is 6.20 Å². The Labute approximate surface area is 110 Å². The summed E-state index contributed by atoms with van der Waals surface area (Å²) in [6, 6.07) is 1.92. The second kappa shape index (κ2) is 6.14. The summed E-state index contributed by atoms with van der Waals surface area (Å²) >= 11 is 0. The van der Waals surface area contributed by atoms with Crippen molar-refractivity contribution in [3.63, 3.8) is 0 Å². The standard InChI is InChI=1S/C14H25N3O/c1-14(2,3)10-11(15)9-13(18)6-5-12-7-8-16-17(12)4/h7-8,11H,5-6,9-10,15H2,1-4H3. The van der Waals surface area contributed by atoms with Crippen LogP contribution in [0.2, 0.25) is 0 Å². The molecule has 4 nitrogen and oxygen atoms in total. The zero-order valence-corrected chi connectivity index (χ0v) is 11.9. The fourth-order valence-corrected chi connectivity index (χ4v) is 2.17. The van der Waals surface area contributed by atoms with Crippen LogP contribution in [-0.4, -0.2) is 21.6 Å². The SMILES string of the molecule is Cn1nccc1CCC(=O)CC(N)CC(C)(C)C. The third-order valence-electron chi connectivity index (χ3n) is 2.95. The molecule has 0 spiro atoms. The van der Waals surface area contributed by atoms with Crippen LogP contribution >= 0.6 is 0 Å². The molecule has 0 aliphatic rings. The van der Waals surface area contributed by atoms with Gasteiger partial charge in [-0.2, -0.15) is 5.10 Å². The van der Waals surface area contributed by atoms with E-state index in [1.807, 2.05) is 17.8 Å². The molecule has 0 radical (unpaired) electrons. The predicted octanol–water partition coefficient (Wildman–Crippen LogP) is 2.08. The number of nitrogens with two attached hydrogens (primary N) is 1. The lowest BCUT2D eigenvalue weighted by molar-refractivity contribution is -0.119. The van der Waals surface area contributed by atoms with Crippen molar-refractivity contribution >= 4 is 5.78 Å². The van der Waals surface area contributed by atoms with E-state index in [4.69, 9.17) is 5.73 Å². The largest absolute Gasteiger partial charge is 0.327 e. The maximum Gasteiger partial charge on any atom is 0.134 e. The molecular formula is C14H25N3O. The monoisotopic (exact) mass is 251 g/mol. The fourth-order valence-electron chi connectivity index (χ4n) is 2.17. The van der Waals surface area contributed by atoms with Crippen molar-refractivity contribution in [1.29, 1.82) is 0 Å². The molecule has 0 bridgehead atoms. The van der Waals surface area contributed by atoms with Crippen LogP contribution in [0.15, 0.2) is 12.3 Å². The summed E-state index contributed by atoms with van der Waals surface area (Å²) in [4.78, 5) is 11.8. The fraction of sp³-hybridized carbons (Fsp3) is 0.714. The Morgan fingerprint density at radius 3 is 2.67 bits per heavy atom. The van der Waals surface area contributed by atoms with Gasteiger partial charge in [-0.25, -0.2) is 0 Å².